The summed E-state index contributed by atoms with van der Waals surface area (Å²) in [5, 5.41) is 9.22. The monoisotopic (exact) mass is 196 g/mol. The predicted octanol–water partition coefficient (Wildman–Crippen LogP) is 0.305. The average Bonchev–Trinajstić information content (AvgIpc) is 1.87. The predicted molar refractivity (Wildman–Crippen MR) is 36.4 cm³/mol. The average molecular weight is 197 g/mol. The van der Waals surface area contributed by atoms with E-state index >= 15 is 0 Å². The second kappa shape index (κ2) is 4.76. The fourth-order valence-corrected chi connectivity index (χ4v) is 0.559. The van der Waals surface area contributed by atoms with Gasteiger partial charge in [-0.25, -0.2) is 0 Å². The van der Waals surface area contributed by atoms with Crippen LogP contribution in [-0.2, 0) is 9.53 Å². The first-order valence-electron chi connectivity index (χ1n) is 2.51. The molecule has 0 bridgehead atoms. The van der Waals surface area contributed by atoms with Crippen molar-refractivity contribution in [3.05, 3.63) is 0 Å². The van der Waals surface area contributed by atoms with Crippen molar-refractivity contribution in [3.63, 3.8) is 0 Å². The second-order valence-electron chi connectivity index (χ2n) is 1.59. The molecule has 0 fully saturated rings. The van der Waals surface area contributed by atoms with Crippen molar-refractivity contribution in [3.8, 4) is 0 Å². The zero-order chi connectivity index (χ0) is 7.28. The number of esters is 1. The number of halogens is 1. The Morgan fingerprint density at radius 2 is 2.44 bits per heavy atom. The molecule has 0 aliphatic heterocycles. The van der Waals surface area contributed by atoms with Gasteiger partial charge in [0.05, 0.1) is 19.6 Å². The van der Waals surface area contributed by atoms with E-state index in [9.17, 15) is 4.79 Å². The van der Waals surface area contributed by atoms with Crippen molar-refractivity contribution in [1.82, 2.24) is 0 Å². The van der Waals surface area contributed by atoms with Gasteiger partial charge in [-0.1, -0.05) is 15.9 Å². The van der Waals surface area contributed by atoms with Crippen molar-refractivity contribution in [2.45, 2.75) is 12.5 Å². The van der Waals surface area contributed by atoms with E-state index in [2.05, 4.69) is 20.7 Å². The highest BCUT2D eigenvalue weighted by Gasteiger charge is 2.07. The van der Waals surface area contributed by atoms with Crippen LogP contribution < -0.4 is 0 Å². The van der Waals surface area contributed by atoms with Crippen LogP contribution in [0.5, 0.6) is 0 Å². The summed E-state index contributed by atoms with van der Waals surface area (Å²) >= 11 is 3.01. The maximum atomic E-state index is 10.4. The molecule has 0 aromatic carbocycles. The van der Waals surface area contributed by atoms with E-state index in [0.29, 0.717) is 5.33 Å². The molecular formula is C5H9BrO3. The topological polar surface area (TPSA) is 46.5 Å². The normalized spacial score (nSPS) is 12.8. The largest absolute Gasteiger partial charge is 0.469 e. The molecule has 0 saturated carbocycles. The smallest absolute Gasteiger partial charge is 0.308 e. The van der Waals surface area contributed by atoms with E-state index < -0.39 is 6.10 Å². The van der Waals surface area contributed by atoms with Crippen molar-refractivity contribution < 1.29 is 14.6 Å². The first-order valence-corrected chi connectivity index (χ1v) is 3.63. The van der Waals surface area contributed by atoms with Crippen LogP contribution in [-0.4, -0.2) is 29.6 Å². The fourth-order valence-electron chi connectivity index (χ4n) is 0.330. The zero-order valence-corrected chi connectivity index (χ0v) is 6.72. The summed E-state index contributed by atoms with van der Waals surface area (Å²) in [4.78, 5) is 10.4. The minimum absolute atomic E-state index is 0.0573. The third kappa shape index (κ3) is 4.42. The Morgan fingerprint density at radius 3 is 2.78 bits per heavy atom. The Hall–Kier alpha value is -0.0900. The van der Waals surface area contributed by atoms with Crippen LogP contribution in [0.1, 0.15) is 6.42 Å². The molecule has 4 heteroatoms. The number of aliphatic hydroxyl groups excluding tert-OH is 1. The van der Waals surface area contributed by atoms with Gasteiger partial charge in [0.1, 0.15) is 0 Å². The van der Waals surface area contributed by atoms with Gasteiger partial charge in [-0.3, -0.25) is 4.79 Å². The molecule has 54 valence electrons. The van der Waals surface area contributed by atoms with Crippen LogP contribution in [0.3, 0.4) is 0 Å². The molecule has 0 rings (SSSR count). The SMILES string of the molecule is COC(=O)C[C@H](O)CBr. The molecule has 0 amide bonds. The first kappa shape index (κ1) is 8.91. The quantitative estimate of drug-likeness (QED) is 0.523. The summed E-state index contributed by atoms with van der Waals surface area (Å²) in [5.74, 6) is -0.387. The van der Waals surface area contributed by atoms with Crippen molar-refractivity contribution in [2.24, 2.45) is 0 Å². The van der Waals surface area contributed by atoms with Crippen molar-refractivity contribution in [1.29, 1.82) is 0 Å². The van der Waals surface area contributed by atoms with Gasteiger partial charge in [-0.05, 0) is 0 Å². The van der Waals surface area contributed by atoms with E-state index in [4.69, 9.17) is 5.11 Å². The summed E-state index contributed by atoms with van der Waals surface area (Å²) in [6.07, 6.45) is -0.570. The van der Waals surface area contributed by atoms with E-state index in [0.717, 1.165) is 0 Å². The number of carbonyl (C=O) groups excluding carboxylic acids is 1. The minimum atomic E-state index is -0.627. The van der Waals surface area contributed by atoms with E-state index in [1.807, 2.05) is 0 Å². The lowest BCUT2D eigenvalue weighted by molar-refractivity contribution is -0.142. The Kier molecular flexibility index (Phi) is 4.71. The highest BCUT2D eigenvalue weighted by atomic mass is 79.9. The molecule has 0 aromatic heterocycles. The Morgan fingerprint density at radius 1 is 1.89 bits per heavy atom. The van der Waals surface area contributed by atoms with Crippen molar-refractivity contribution in [2.75, 3.05) is 12.4 Å². The molecule has 0 spiro atoms. The molecule has 1 atom stereocenters. The van der Waals surface area contributed by atoms with Crippen LogP contribution in [0.15, 0.2) is 0 Å². The Bertz CT molecular complexity index is 94.2. The number of hydrogen-bond donors (Lipinski definition) is 1. The molecular weight excluding hydrogens is 188 g/mol. The lowest BCUT2D eigenvalue weighted by Crippen LogP contribution is -2.15. The van der Waals surface area contributed by atoms with Crippen LogP contribution in [0.2, 0.25) is 0 Å². The molecule has 0 saturated heterocycles. The molecule has 0 aliphatic carbocycles. The van der Waals surface area contributed by atoms with Gasteiger partial charge in [-0.15, -0.1) is 0 Å². The summed E-state index contributed by atoms with van der Waals surface area (Å²) in [5.41, 5.74) is 0. The summed E-state index contributed by atoms with van der Waals surface area (Å²) in [6, 6.07) is 0. The lowest BCUT2D eigenvalue weighted by atomic mass is 10.3. The van der Waals surface area contributed by atoms with Crippen LogP contribution in [0.4, 0.5) is 0 Å². The van der Waals surface area contributed by atoms with Gasteiger partial charge < -0.3 is 9.84 Å². The molecule has 0 radical (unpaired) electrons. The highest BCUT2D eigenvalue weighted by Crippen LogP contribution is 1.96. The highest BCUT2D eigenvalue weighted by molar-refractivity contribution is 9.09. The lowest BCUT2D eigenvalue weighted by Gasteiger charge is -2.02. The molecule has 0 aromatic rings. The Balaban J connectivity index is 3.34. The summed E-state index contributed by atoms with van der Waals surface area (Å²) < 4.78 is 4.30. The molecule has 0 heterocycles. The van der Waals surface area contributed by atoms with Gasteiger partial charge in [-0.2, -0.15) is 0 Å². The van der Waals surface area contributed by atoms with E-state index in [-0.39, 0.29) is 12.4 Å². The van der Waals surface area contributed by atoms with E-state index in [1.165, 1.54) is 7.11 Å². The zero-order valence-electron chi connectivity index (χ0n) is 5.13. The van der Waals surface area contributed by atoms with E-state index in [1.54, 1.807) is 0 Å². The first-order chi connectivity index (χ1) is 4.20. The number of methoxy groups -OCH3 is 1. The number of carbonyl (C=O) groups is 1. The molecule has 0 aliphatic rings. The summed E-state index contributed by atoms with van der Waals surface area (Å²) in [7, 11) is 1.29. The standard InChI is InChI=1S/C5H9BrO3/c1-9-5(8)2-4(7)3-6/h4,7H,2-3H2,1H3/t4-/m0/s1. The number of rotatable bonds is 3. The van der Waals surface area contributed by atoms with Crippen LogP contribution >= 0.6 is 15.9 Å². The maximum Gasteiger partial charge on any atom is 0.308 e. The molecule has 9 heavy (non-hydrogen) atoms. The second-order valence-corrected chi connectivity index (χ2v) is 2.24. The van der Waals surface area contributed by atoms with Crippen LogP contribution in [0.25, 0.3) is 0 Å². The maximum absolute atomic E-state index is 10.4. The number of ether oxygens (including phenoxy) is 1. The minimum Gasteiger partial charge on any atom is -0.469 e. The van der Waals surface area contributed by atoms with Gasteiger partial charge in [0, 0.05) is 5.33 Å². The van der Waals surface area contributed by atoms with Gasteiger partial charge in [0.25, 0.3) is 0 Å². The van der Waals surface area contributed by atoms with Gasteiger partial charge in [0.2, 0.25) is 0 Å². The van der Waals surface area contributed by atoms with Gasteiger partial charge >= 0.3 is 5.97 Å². The number of hydrogen-bond acceptors (Lipinski definition) is 3. The third-order valence-electron chi connectivity index (χ3n) is 0.808. The Labute approximate surface area is 62.1 Å². The number of alkyl halides is 1. The van der Waals surface area contributed by atoms with Gasteiger partial charge in [0.15, 0.2) is 0 Å². The third-order valence-corrected chi connectivity index (χ3v) is 1.56. The molecule has 3 nitrogen and oxygen atoms in total. The number of aliphatic hydroxyl groups is 1. The van der Waals surface area contributed by atoms with Crippen LogP contribution in [0, 0.1) is 0 Å². The fraction of sp³-hybridized carbons (Fsp3) is 0.800. The molecule has 0 unspecified atom stereocenters. The van der Waals surface area contributed by atoms with Crippen molar-refractivity contribution >= 4 is 21.9 Å². The molecule has 1 N–H and O–H groups in total. The summed E-state index contributed by atoms with van der Waals surface area (Å²) in [6.45, 7) is 0.